The highest BCUT2D eigenvalue weighted by atomic mass is 16.5. The Labute approximate surface area is 107 Å². The third-order valence-corrected chi connectivity index (χ3v) is 4.16. The molecule has 2 aliphatic carbocycles. The van der Waals surface area contributed by atoms with Gasteiger partial charge in [-0.25, -0.2) is 4.79 Å². The zero-order valence-corrected chi connectivity index (χ0v) is 11.2. The molecule has 0 aromatic heterocycles. The van der Waals surface area contributed by atoms with Gasteiger partial charge in [-0.05, 0) is 46.0 Å². The van der Waals surface area contributed by atoms with E-state index >= 15 is 0 Å². The lowest BCUT2D eigenvalue weighted by molar-refractivity contribution is -0.158. The van der Waals surface area contributed by atoms with Gasteiger partial charge < -0.3 is 9.47 Å². The molecule has 0 spiro atoms. The molecule has 0 heterocycles. The minimum Gasteiger partial charge on any atom is -0.465 e. The summed E-state index contributed by atoms with van der Waals surface area (Å²) in [7, 11) is 0. The zero-order valence-electron chi connectivity index (χ0n) is 11.2. The molecule has 0 aromatic carbocycles. The summed E-state index contributed by atoms with van der Waals surface area (Å²) in [6.07, 6.45) is 2.71. The lowest BCUT2D eigenvalue weighted by atomic mass is 9.72. The van der Waals surface area contributed by atoms with Crippen LogP contribution in [0.1, 0.15) is 40.0 Å². The van der Waals surface area contributed by atoms with Gasteiger partial charge in [0.1, 0.15) is 5.41 Å². The summed E-state index contributed by atoms with van der Waals surface area (Å²) in [6.45, 7) is 6.06. The molecule has 0 N–H and O–H groups in total. The molecule has 0 amide bonds. The van der Waals surface area contributed by atoms with Crippen LogP contribution in [-0.4, -0.2) is 25.2 Å². The van der Waals surface area contributed by atoms with Crippen molar-refractivity contribution in [3.05, 3.63) is 11.1 Å². The number of ether oxygens (including phenoxy) is 2. The van der Waals surface area contributed by atoms with Gasteiger partial charge in [0.15, 0.2) is 0 Å². The summed E-state index contributed by atoms with van der Waals surface area (Å²) in [4.78, 5) is 24.3. The monoisotopic (exact) mass is 252 g/mol. The van der Waals surface area contributed by atoms with Gasteiger partial charge in [0.2, 0.25) is 0 Å². The maximum Gasteiger partial charge on any atom is 0.335 e. The van der Waals surface area contributed by atoms with E-state index in [2.05, 4.69) is 0 Å². The van der Waals surface area contributed by atoms with Crippen molar-refractivity contribution in [1.29, 1.82) is 0 Å². The van der Waals surface area contributed by atoms with Crippen molar-refractivity contribution in [3.63, 3.8) is 0 Å². The van der Waals surface area contributed by atoms with Crippen LogP contribution in [-0.2, 0) is 19.1 Å². The van der Waals surface area contributed by atoms with Crippen molar-refractivity contribution in [1.82, 2.24) is 0 Å². The molecule has 18 heavy (non-hydrogen) atoms. The van der Waals surface area contributed by atoms with Crippen molar-refractivity contribution in [2.45, 2.75) is 40.0 Å². The van der Waals surface area contributed by atoms with Crippen LogP contribution in [0.15, 0.2) is 11.1 Å². The first-order chi connectivity index (χ1) is 8.55. The van der Waals surface area contributed by atoms with Gasteiger partial charge in [0.05, 0.1) is 18.8 Å². The second kappa shape index (κ2) is 4.75. The lowest BCUT2D eigenvalue weighted by Crippen LogP contribution is -2.40. The summed E-state index contributed by atoms with van der Waals surface area (Å²) in [5.74, 6) is -0.427. The Hall–Kier alpha value is -1.32. The van der Waals surface area contributed by atoms with E-state index in [9.17, 15) is 9.59 Å². The highest BCUT2D eigenvalue weighted by Gasteiger charge is 2.56. The molecule has 0 aromatic rings. The molecule has 4 nitrogen and oxygen atoms in total. The number of fused-ring (bicyclic) bond motifs is 2. The molecule has 1 fully saturated rings. The van der Waals surface area contributed by atoms with Gasteiger partial charge in [-0.15, -0.1) is 0 Å². The number of rotatable bonds is 4. The van der Waals surface area contributed by atoms with Crippen molar-refractivity contribution in [2.75, 3.05) is 13.2 Å². The Morgan fingerprint density at radius 2 is 1.94 bits per heavy atom. The second-order valence-electron chi connectivity index (χ2n) is 5.06. The van der Waals surface area contributed by atoms with E-state index in [1.165, 1.54) is 0 Å². The molecule has 100 valence electrons. The SMILES string of the molecule is CCOC(=O)C1=C2CCC(C2)C1(C)C(=O)OCC. The number of esters is 2. The van der Waals surface area contributed by atoms with Crippen LogP contribution in [0, 0.1) is 11.3 Å². The first-order valence-electron chi connectivity index (χ1n) is 6.62. The first-order valence-corrected chi connectivity index (χ1v) is 6.62. The van der Waals surface area contributed by atoms with E-state index in [1.54, 1.807) is 13.8 Å². The fourth-order valence-corrected chi connectivity index (χ4v) is 3.25. The van der Waals surface area contributed by atoms with Crippen LogP contribution in [0.3, 0.4) is 0 Å². The van der Waals surface area contributed by atoms with Crippen molar-refractivity contribution in [3.8, 4) is 0 Å². The van der Waals surface area contributed by atoms with Gasteiger partial charge in [-0.3, -0.25) is 4.79 Å². The Bertz CT molecular complexity index is 410. The minimum atomic E-state index is -0.796. The molecule has 4 heteroatoms. The highest BCUT2D eigenvalue weighted by molar-refractivity contribution is 6.00. The smallest absolute Gasteiger partial charge is 0.335 e. The topological polar surface area (TPSA) is 52.6 Å². The van der Waals surface area contributed by atoms with Crippen molar-refractivity contribution in [2.24, 2.45) is 11.3 Å². The summed E-state index contributed by atoms with van der Waals surface area (Å²) in [5.41, 5.74) is 0.864. The second-order valence-corrected chi connectivity index (χ2v) is 5.06. The van der Waals surface area contributed by atoms with E-state index in [-0.39, 0.29) is 17.9 Å². The first kappa shape index (κ1) is 13.1. The molecule has 0 aliphatic heterocycles. The molecule has 2 bridgehead atoms. The number of carbonyl (C=O) groups is 2. The van der Waals surface area contributed by atoms with Gasteiger partial charge in [0, 0.05) is 0 Å². The molecule has 2 unspecified atom stereocenters. The summed E-state index contributed by atoms with van der Waals surface area (Å²) < 4.78 is 10.3. The van der Waals surface area contributed by atoms with Gasteiger partial charge >= 0.3 is 11.9 Å². The predicted molar refractivity (Wildman–Crippen MR) is 65.7 cm³/mol. The molecule has 0 radical (unpaired) electrons. The number of hydrogen-bond acceptors (Lipinski definition) is 4. The van der Waals surface area contributed by atoms with Crippen LogP contribution in [0.2, 0.25) is 0 Å². The zero-order chi connectivity index (χ0) is 13.3. The molecule has 2 atom stereocenters. The fraction of sp³-hybridized carbons (Fsp3) is 0.714. The molecule has 0 saturated heterocycles. The number of allylic oxidation sites excluding steroid dienone is 1. The van der Waals surface area contributed by atoms with Crippen LogP contribution in [0.25, 0.3) is 0 Å². The van der Waals surface area contributed by atoms with Gasteiger partial charge in [-0.1, -0.05) is 5.57 Å². The van der Waals surface area contributed by atoms with E-state index < -0.39 is 5.41 Å². The van der Waals surface area contributed by atoms with Crippen LogP contribution in [0.4, 0.5) is 0 Å². The Kier molecular flexibility index (Phi) is 3.46. The molecule has 1 saturated carbocycles. The lowest BCUT2D eigenvalue weighted by Gasteiger charge is -2.32. The molecular weight excluding hydrogens is 232 g/mol. The van der Waals surface area contributed by atoms with Crippen molar-refractivity contribution < 1.29 is 19.1 Å². The van der Waals surface area contributed by atoms with Crippen LogP contribution < -0.4 is 0 Å². The summed E-state index contributed by atoms with van der Waals surface area (Å²) in [6, 6.07) is 0. The standard InChI is InChI=1S/C14H20O4/c1-4-17-12(15)11-9-6-7-10(8-9)14(11,3)13(16)18-5-2/h10H,4-8H2,1-3H3. The van der Waals surface area contributed by atoms with E-state index in [1.807, 2.05) is 6.92 Å². The summed E-state index contributed by atoms with van der Waals surface area (Å²) >= 11 is 0. The van der Waals surface area contributed by atoms with E-state index in [0.717, 1.165) is 24.8 Å². The Balaban J connectivity index is 2.34. The predicted octanol–water partition coefficient (Wildman–Crippen LogP) is 2.23. The molecule has 2 rings (SSSR count). The normalized spacial score (nSPS) is 29.6. The Morgan fingerprint density at radius 3 is 2.56 bits per heavy atom. The van der Waals surface area contributed by atoms with E-state index in [0.29, 0.717) is 18.8 Å². The third kappa shape index (κ3) is 1.74. The maximum absolute atomic E-state index is 12.2. The Morgan fingerprint density at radius 1 is 1.28 bits per heavy atom. The third-order valence-electron chi connectivity index (χ3n) is 4.16. The highest BCUT2D eigenvalue weighted by Crippen LogP contribution is 2.56. The van der Waals surface area contributed by atoms with Crippen molar-refractivity contribution >= 4 is 11.9 Å². The average Bonchev–Trinajstić information content (AvgIpc) is 2.89. The fourth-order valence-electron chi connectivity index (χ4n) is 3.25. The largest absolute Gasteiger partial charge is 0.465 e. The van der Waals surface area contributed by atoms with Gasteiger partial charge in [0.25, 0.3) is 0 Å². The maximum atomic E-state index is 12.2. The number of carbonyl (C=O) groups excluding carboxylic acids is 2. The molecule has 2 aliphatic rings. The van der Waals surface area contributed by atoms with Crippen LogP contribution in [0.5, 0.6) is 0 Å². The van der Waals surface area contributed by atoms with Crippen LogP contribution >= 0.6 is 0 Å². The quantitative estimate of drug-likeness (QED) is 0.720. The van der Waals surface area contributed by atoms with E-state index in [4.69, 9.17) is 9.47 Å². The molecular formula is C14H20O4. The number of hydrogen-bond donors (Lipinski definition) is 0. The van der Waals surface area contributed by atoms with Gasteiger partial charge in [-0.2, -0.15) is 0 Å². The average molecular weight is 252 g/mol. The minimum absolute atomic E-state index is 0.200. The summed E-state index contributed by atoms with van der Waals surface area (Å²) in [5, 5.41) is 0.